The van der Waals surface area contributed by atoms with E-state index in [1.807, 2.05) is 6.07 Å². The van der Waals surface area contributed by atoms with E-state index in [1.54, 1.807) is 81.0 Å². The van der Waals surface area contributed by atoms with E-state index in [4.69, 9.17) is 14.2 Å². The fraction of sp³-hybridized carbons (Fsp3) is 0.0833. The summed E-state index contributed by atoms with van der Waals surface area (Å²) in [6, 6.07) is 21.5. The topological polar surface area (TPSA) is 68.5 Å². The molecule has 0 heterocycles. The maximum Gasteiger partial charge on any atom is 0.344 e. The van der Waals surface area contributed by atoms with Gasteiger partial charge >= 0.3 is 5.97 Å². The largest absolute Gasteiger partial charge is 0.493 e. The van der Waals surface area contributed by atoms with Crippen LogP contribution in [0.4, 0.5) is 0 Å². The first-order chi connectivity index (χ1) is 14.5. The molecule has 3 aromatic rings. The second-order valence-corrected chi connectivity index (χ2v) is 7.03. The minimum Gasteiger partial charge on any atom is -0.493 e. The van der Waals surface area contributed by atoms with Gasteiger partial charge in [-0.25, -0.2) is 4.79 Å². The molecule has 0 bridgehead atoms. The summed E-state index contributed by atoms with van der Waals surface area (Å²) < 4.78 is 16.6. The standard InChI is InChI=1S/C24H18BrNO4/c1-28-22-12-9-17(14-23(22)29-2)18(15-26)13-16-7-10-19(11-8-16)30-24(27)20-5-3-4-6-21(20)25/h3-14H,1-2H3/b18-13-. The molecule has 0 aliphatic rings. The first-order valence-electron chi connectivity index (χ1n) is 8.96. The van der Waals surface area contributed by atoms with Gasteiger partial charge in [0, 0.05) is 4.47 Å². The number of methoxy groups -OCH3 is 2. The number of ether oxygens (including phenoxy) is 3. The summed E-state index contributed by atoms with van der Waals surface area (Å²) >= 11 is 3.34. The third-order valence-electron chi connectivity index (χ3n) is 4.31. The molecular weight excluding hydrogens is 446 g/mol. The molecule has 5 nitrogen and oxygen atoms in total. The van der Waals surface area contributed by atoms with Crippen molar-refractivity contribution in [2.24, 2.45) is 0 Å². The lowest BCUT2D eigenvalue weighted by molar-refractivity contribution is 0.0734. The highest BCUT2D eigenvalue weighted by molar-refractivity contribution is 9.10. The van der Waals surface area contributed by atoms with Gasteiger partial charge in [-0.15, -0.1) is 0 Å². The predicted molar refractivity (Wildman–Crippen MR) is 119 cm³/mol. The van der Waals surface area contributed by atoms with Crippen molar-refractivity contribution in [3.8, 4) is 23.3 Å². The summed E-state index contributed by atoms with van der Waals surface area (Å²) in [6.07, 6.45) is 1.75. The van der Waals surface area contributed by atoms with Crippen LogP contribution in [0.1, 0.15) is 21.5 Å². The molecule has 30 heavy (non-hydrogen) atoms. The minimum absolute atomic E-state index is 0.414. The number of hydrogen-bond acceptors (Lipinski definition) is 5. The van der Waals surface area contributed by atoms with Crippen molar-refractivity contribution in [1.29, 1.82) is 5.26 Å². The van der Waals surface area contributed by atoms with Crippen LogP contribution in [0.2, 0.25) is 0 Å². The van der Waals surface area contributed by atoms with E-state index in [1.165, 1.54) is 0 Å². The van der Waals surface area contributed by atoms with E-state index in [-0.39, 0.29) is 0 Å². The Morgan fingerprint density at radius 2 is 1.67 bits per heavy atom. The number of halogens is 1. The van der Waals surface area contributed by atoms with Gasteiger partial charge in [-0.05, 0) is 75.6 Å². The fourth-order valence-corrected chi connectivity index (χ4v) is 3.22. The number of nitrogens with zero attached hydrogens (tertiary/aromatic N) is 1. The first kappa shape index (κ1) is 21.2. The van der Waals surface area contributed by atoms with Crippen LogP contribution in [-0.2, 0) is 0 Å². The lowest BCUT2D eigenvalue weighted by Crippen LogP contribution is -2.09. The molecular formula is C24H18BrNO4. The Kier molecular flexibility index (Phi) is 6.89. The van der Waals surface area contributed by atoms with E-state index in [2.05, 4.69) is 22.0 Å². The van der Waals surface area contributed by atoms with Gasteiger partial charge in [0.15, 0.2) is 11.5 Å². The third-order valence-corrected chi connectivity index (χ3v) is 5.00. The first-order valence-corrected chi connectivity index (χ1v) is 9.76. The van der Waals surface area contributed by atoms with Crippen LogP contribution in [0.5, 0.6) is 17.2 Å². The molecule has 0 radical (unpaired) electrons. The Labute approximate surface area is 183 Å². The van der Waals surface area contributed by atoms with Crippen molar-refractivity contribution in [2.45, 2.75) is 0 Å². The van der Waals surface area contributed by atoms with E-state index in [9.17, 15) is 10.1 Å². The van der Waals surface area contributed by atoms with Gasteiger partial charge in [0.25, 0.3) is 0 Å². The zero-order valence-electron chi connectivity index (χ0n) is 16.4. The number of allylic oxidation sites excluding steroid dienone is 1. The molecule has 0 unspecified atom stereocenters. The van der Waals surface area contributed by atoms with Crippen molar-refractivity contribution in [3.05, 3.63) is 87.9 Å². The van der Waals surface area contributed by atoms with Crippen LogP contribution in [-0.4, -0.2) is 20.2 Å². The van der Waals surface area contributed by atoms with Gasteiger partial charge < -0.3 is 14.2 Å². The Bertz CT molecular complexity index is 1130. The maximum atomic E-state index is 12.3. The summed E-state index contributed by atoms with van der Waals surface area (Å²) in [4.78, 5) is 12.3. The molecule has 0 atom stereocenters. The number of rotatable bonds is 6. The van der Waals surface area contributed by atoms with Crippen molar-refractivity contribution < 1.29 is 19.0 Å². The molecule has 6 heteroatoms. The summed E-state index contributed by atoms with van der Waals surface area (Å²) in [7, 11) is 3.11. The predicted octanol–water partition coefficient (Wildman–Crippen LogP) is 5.75. The van der Waals surface area contributed by atoms with E-state index in [0.717, 1.165) is 5.56 Å². The highest BCUT2D eigenvalue weighted by Gasteiger charge is 2.12. The summed E-state index contributed by atoms with van der Waals surface area (Å²) in [5, 5.41) is 9.59. The van der Waals surface area contributed by atoms with Crippen molar-refractivity contribution in [2.75, 3.05) is 14.2 Å². The molecule has 0 aliphatic carbocycles. The minimum atomic E-state index is -0.450. The number of esters is 1. The zero-order valence-corrected chi connectivity index (χ0v) is 18.0. The molecule has 150 valence electrons. The van der Waals surface area contributed by atoms with Gasteiger partial charge in [-0.1, -0.05) is 24.3 Å². The van der Waals surface area contributed by atoms with Crippen molar-refractivity contribution in [1.82, 2.24) is 0 Å². The van der Waals surface area contributed by atoms with Crippen LogP contribution in [0.15, 0.2) is 71.2 Å². The second kappa shape index (κ2) is 9.77. The van der Waals surface area contributed by atoms with Crippen LogP contribution in [0.25, 0.3) is 11.6 Å². The molecule has 3 aromatic carbocycles. The van der Waals surface area contributed by atoms with Crippen LogP contribution in [0.3, 0.4) is 0 Å². The van der Waals surface area contributed by atoms with Crippen LogP contribution < -0.4 is 14.2 Å². The molecule has 0 aliphatic heterocycles. The Morgan fingerprint density at radius 1 is 0.967 bits per heavy atom. The fourth-order valence-electron chi connectivity index (χ4n) is 2.77. The van der Waals surface area contributed by atoms with E-state index in [0.29, 0.717) is 38.4 Å². The van der Waals surface area contributed by atoms with E-state index >= 15 is 0 Å². The third kappa shape index (κ3) is 4.88. The molecule has 3 rings (SSSR count). The quantitative estimate of drug-likeness (QED) is 0.201. The lowest BCUT2D eigenvalue weighted by atomic mass is 10.0. The normalized spacial score (nSPS) is 10.8. The van der Waals surface area contributed by atoms with Gasteiger partial charge in [0.05, 0.1) is 31.4 Å². The van der Waals surface area contributed by atoms with Crippen LogP contribution >= 0.6 is 15.9 Å². The zero-order chi connectivity index (χ0) is 21.5. The van der Waals surface area contributed by atoms with Gasteiger partial charge in [-0.2, -0.15) is 5.26 Å². The van der Waals surface area contributed by atoms with Crippen LogP contribution in [0, 0.1) is 11.3 Å². The van der Waals surface area contributed by atoms with E-state index < -0.39 is 5.97 Å². The molecule has 0 fully saturated rings. The Hall–Kier alpha value is -3.56. The molecule has 0 N–H and O–H groups in total. The molecule has 0 amide bonds. The molecule has 0 aromatic heterocycles. The smallest absolute Gasteiger partial charge is 0.344 e. The van der Waals surface area contributed by atoms with Crippen molar-refractivity contribution in [3.63, 3.8) is 0 Å². The average Bonchev–Trinajstić information content (AvgIpc) is 2.78. The number of nitriles is 1. The van der Waals surface area contributed by atoms with Gasteiger partial charge in [-0.3, -0.25) is 0 Å². The highest BCUT2D eigenvalue weighted by Crippen LogP contribution is 2.31. The summed E-state index contributed by atoms with van der Waals surface area (Å²) in [5.74, 6) is 1.10. The average molecular weight is 464 g/mol. The second-order valence-electron chi connectivity index (χ2n) is 6.18. The van der Waals surface area contributed by atoms with Gasteiger partial charge in [0.1, 0.15) is 5.75 Å². The maximum absolute atomic E-state index is 12.3. The van der Waals surface area contributed by atoms with Crippen molar-refractivity contribution >= 4 is 33.5 Å². The summed E-state index contributed by atoms with van der Waals surface area (Å²) in [5.41, 5.74) is 2.41. The highest BCUT2D eigenvalue weighted by atomic mass is 79.9. The number of carbonyl (C=O) groups excluding carboxylic acids is 1. The lowest BCUT2D eigenvalue weighted by Gasteiger charge is -2.09. The monoisotopic (exact) mass is 463 g/mol. The summed E-state index contributed by atoms with van der Waals surface area (Å²) in [6.45, 7) is 0. The number of benzene rings is 3. The molecule has 0 spiro atoms. The Balaban J connectivity index is 1.80. The Morgan fingerprint density at radius 3 is 2.30 bits per heavy atom. The number of carbonyl (C=O) groups is 1. The SMILES string of the molecule is COc1ccc(/C(C#N)=C\c2ccc(OC(=O)c3ccccc3Br)cc2)cc1OC. The number of hydrogen-bond donors (Lipinski definition) is 0. The molecule has 0 saturated carbocycles. The van der Waals surface area contributed by atoms with Gasteiger partial charge in [0.2, 0.25) is 0 Å². The molecule has 0 saturated heterocycles.